The highest BCUT2D eigenvalue weighted by Crippen LogP contribution is 2.48. The highest BCUT2D eigenvalue weighted by atomic mass is 31.2. The van der Waals surface area contributed by atoms with Crippen LogP contribution < -0.4 is 14.9 Å². The van der Waals surface area contributed by atoms with Gasteiger partial charge < -0.3 is 24.1 Å². The molecule has 0 radical (unpaired) electrons. The zero-order valence-electron chi connectivity index (χ0n) is 31.0. The first-order valence-corrected chi connectivity index (χ1v) is 19.0. The van der Waals surface area contributed by atoms with Crippen molar-refractivity contribution in [2.75, 3.05) is 18.5 Å². The average Bonchev–Trinajstić information content (AvgIpc) is 3.69. The lowest BCUT2D eigenvalue weighted by Gasteiger charge is -2.31. The van der Waals surface area contributed by atoms with Crippen molar-refractivity contribution in [3.8, 4) is 18.1 Å². The topological polar surface area (TPSA) is 182 Å². The van der Waals surface area contributed by atoms with Crippen LogP contribution in [0.3, 0.4) is 0 Å². The van der Waals surface area contributed by atoms with Crippen LogP contribution in [0.5, 0.6) is 5.75 Å². The number of benzene rings is 1. The smallest absolute Gasteiger partial charge is 0.459 e. The summed E-state index contributed by atoms with van der Waals surface area (Å²) in [5.74, 6) is 1.29. The van der Waals surface area contributed by atoms with E-state index in [-0.39, 0.29) is 42.3 Å². The van der Waals surface area contributed by atoms with E-state index < -0.39 is 56.2 Å². The molecule has 2 N–H and O–H groups in total. The minimum atomic E-state index is -4.40. The number of hydrogen-bond acceptors (Lipinski definition) is 12. The number of nitrogens with one attached hydrogen (secondary N) is 2. The van der Waals surface area contributed by atoms with Gasteiger partial charge in [0.25, 0.3) is 0 Å². The molecule has 5 atom stereocenters. The summed E-state index contributed by atoms with van der Waals surface area (Å²) in [7, 11) is -4.40. The van der Waals surface area contributed by atoms with E-state index in [4.69, 9.17) is 29.7 Å². The van der Waals surface area contributed by atoms with Crippen LogP contribution in [0.15, 0.2) is 36.7 Å². The average molecular weight is 741 g/mol. The molecule has 16 heteroatoms. The van der Waals surface area contributed by atoms with Crippen LogP contribution in [-0.4, -0.2) is 68.3 Å². The summed E-state index contributed by atoms with van der Waals surface area (Å²) in [6.07, 6.45) is 7.29. The quantitative estimate of drug-likeness (QED) is 0.0971. The lowest BCUT2D eigenvalue weighted by molar-refractivity contribution is -0.161. The van der Waals surface area contributed by atoms with Crippen molar-refractivity contribution in [3.05, 3.63) is 42.5 Å². The third-order valence-electron chi connectivity index (χ3n) is 8.60. The fraction of sp³-hybridized carbons (Fsp3) is 0.556. The number of hydrogen-bond donors (Lipinski definition) is 2. The first kappa shape index (κ1) is 40.4. The lowest BCUT2D eigenvalue weighted by atomic mass is 9.98. The first-order valence-electron chi connectivity index (χ1n) is 17.5. The molecule has 0 bridgehead atoms. The van der Waals surface area contributed by atoms with E-state index in [1.807, 2.05) is 13.8 Å². The van der Waals surface area contributed by atoms with Gasteiger partial charge in [-0.05, 0) is 31.9 Å². The van der Waals surface area contributed by atoms with Gasteiger partial charge in [0.1, 0.15) is 36.6 Å². The molecule has 1 unspecified atom stereocenters. The van der Waals surface area contributed by atoms with E-state index in [2.05, 4.69) is 31.3 Å². The van der Waals surface area contributed by atoms with Crippen LogP contribution in [0, 0.1) is 37.0 Å². The molecule has 1 fully saturated rings. The number of imidazole rings is 1. The largest absolute Gasteiger partial charge is 0.464 e. The van der Waals surface area contributed by atoms with Gasteiger partial charge in [0.15, 0.2) is 22.6 Å². The standard InChI is InChI=1S/C36H49N6O9P/c1-10-26(11-2)19-47-35(45)24(8)41-52(46,51-27-16-14-13-15-17-27)48-20-36(12-3)28(49-34(44)23(6)7)18-29(50-36)42-21-37-30-31(40-33(43)22(4)5)38-25(9)39-32(30)42/h3,13-17,21-24,26,28-29H,10-11,18-20H2,1-2,4-9H3,(H,41,46)(H,38,39,40,43)/t24-,28-,29+,36+,52?/m0/s1. The molecule has 4 rings (SSSR count). The molecule has 3 heterocycles. The number of nitrogens with zero attached hydrogens (tertiary/aromatic N) is 4. The van der Waals surface area contributed by atoms with Gasteiger partial charge in [0, 0.05) is 12.3 Å². The number of aryl methyl sites for hydroxylation is 1. The molecule has 1 aliphatic heterocycles. The SMILES string of the molecule is C#C[C@]1(COP(=O)(N[C@@H](C)C(=O)OCC(CC)CC)Oc2ccccc2)O[C@@H](n2cnc3c(NC(=O)C(C)C)nc(C)nc32)C[C@@H]1OC(=O)C(C)C. The number of rotatable bonds is 17. The zero-order chi connectivity index (χ0) is 38.2. The fourth-order valence-electron chi connectivity index (χ4n) is 5.24. The summed E-state index contributed by atoms with van der Waals surface area (Å²) in [5, 5.41) is 5.47. The number of fused-ring (bicyclic) bond motifs is 1. The second-order valence-electron chi connectivity index (χ2n) is 13.3. The minimum Gasteiger partial charge on any atom is -0.464 e. The number of anilines is 1. The Bertz CT molecular complexity index is 1810. The highest BCUT2D eigenvalue weighted by molar-refractivity contribution is 7.52. The molecule has 0 aliphatic carbocycles. The van der Waals surface area contributed by atoms with Crippen molar-refractivity contribution in [2.45, 2.75) is 98.6 Å². The Morgan fingerprint density at radius 1 is 1.08 bits per heavy atom. The Balaban J connectivity index is 1.66. The van der Waals surface area contributed by atoms with E-state index in [1.54, 1.807) is 69.5 Å². The van der Waals surface area contributed by atoms with E-state index >= 15 is 0 Å². The van der Waals surface area contributed by atoms with Crippen molar-refractivity contribution in [1.29, 1.82) is 0 Å². The molecule has 1 aliphatic rings. The molecule has 1 aromatic carbocycles. The second-order valence-corrected chi connectivity index (χ2v) is 15.0. The van der Waals surface area contributed by atoms with Crippen LogP contribution in [0.25, 0.3) is 11.2 Å². The number of ether oxygens (including phenoxy) is 3. The third kappa shape index (κ3) is 9.74. The first-order chi connectivity index (χ1) is 24.6. The zero-order valence-corrected chi connectivity index (χ0v) is 31.8. The van der Waals surface area contributed by atoms with E-state index in [9.17, 15) is 18.9 Å². The number of aromatic nitrogens is 4. The Morgan fingerprint density at radius 2 is 1.77 bits per heavy atom. The molecular weight excluding hydrogens is 691 g/mol. The van der Waals surface area contributed by atoms with Gasteiger partial charge in [0.05, 0.1) is 18.9 Å². The number of carbonyl (C=O) groups is 3. The summed E-state index contributed by atoms with van der Waals surface area (Å²) in [6, 6.07) is 7.16. The van der Waals surface area contributed by atoms with E-state index in [0.29, 0.717) is 17.0 Å². The maximum atomic E-state index is 14.4. The minimum absolute atomic E-state index is 0.0320. The van der Waals surface area contributed by atoms with Crippen LogP contribution in [-0.2, 0) is 37.7 Å². The summed E-state index contributed by atoms with van der Waals surface area (Å²) in [5.41, 5.74) is -1.15. The predicted octanol–water partition coefficient (Wildman–Crippen LogP) is 5.75. The Morgan fingerprint density at radius 3 is 2.38 bits per heavy atom. The number of amides is 1. The van der Waals surface area contributed by atoms with E-state index in [1.165, 1.54) is 13.3 Å². The maximum Gasteiger partial charge on any atom is 0.459 e. The molecule has 3 aromatic rings. The molecule has 2 aromatic heterocycles. The summed E-state index contributed by atoms with van der Waals surface area (Å²) < 4.78 is 45.7. The van der Waals surface area contributed by atoms with Crippen molar-refractivity contribution >= 4 is 42.6 Å². The maximum absolute atomic E-state index is 14.4. The van der Waals surface area contributed by atoms with Gasteiger partial charge in [-0.15, -0.1) is 6.42 Å². The van der Waals surface area contributed by atoms with Crippen molar-refractivity contribution in [2.24, 2.45) is 17.8 Å². The van der Waals surface area contributed by atoms with Crippen LogP contribution in [0.2, 0.25) is 0 Å². The molecule has 1 amide bonds. The third-order valence-corrected chi connectivity index (χ3v) is 10.2. The second kappa shape index (κ2) is 17.4. The highest BCUT2D eigenvalue weighted by Gasteiger charge is 2.53. The predicted molar refractivity (Wildman–Crippen MR) is 193 cm³/mol. The Labute approximate surface area is 304 Å². The molecule has 15 nitrogen and oxygen atoms in total. The lowest BCUT2D eigenvalue weighted by Crippen LogP contribution is -2.46. The summed E-state index contributed by atoms with van der Waals surface area (Å²) in [4.78, 5) is 51.8. The fourth-order valence-corrected chi connectivity index (χ4v) is 6.76. The van der Waals surface area contributed by atoms with Gasteiger partial charge in [0.2, 0.25) is 5.91 Å². The van der Waals surface area contributed by atoms with Gasteiger partial charge in [-0.2, -0.15) is 5.09 Å². The molecule has 0 spiro atoms. The number of terminal acetylenes is 1. The Kier molecular flexibility index (Phi) is 13.6. The molecule has 282 valence electrons. The normalized spacial score (nSPS) is 20.4. The van der Waals surface area contributed by atoms with Crippen LogP contribution in [0.4, 0.5) is 5.82 Å². The van der Waals surface area contributed by atoms with Crippen molar-refractivity contribution in [3.63, 3.8) is 0 Å². The van der Waals surface area contributed by atoms with Gasteiger partial charge >= 0.3 is 19.7 Å². The number of esters is 2. The van der Waals surface area contributed by atoms with E-state index in [0.717, 1.165) is 12.8 Å². The summed E-state index contributed by atoms with van der Waals surface area (Å²) >= 11 is 0. The number of carbonyl (C=O) groups excluding carboxylic acids is 3. The molecule has 0 saturated carbocycles. The van der Waals surface area contributed by atoms with Crippen LogP contribution >= 0.6 is 7.75 Å². The van der Waals surface area contributed by atoms with Gasteiger partial charge in [-0.3, -0.25) is 23.5 Å². The van der Waals surface area contributed by atoms with Crippen molar-refractivity contribution < 1.29 is 42.2 Å². The van der Waals surface area contributed by atoms with Crippen LogP contribution in [0.1, 0.15) is 79.8 Å². The molecule has 1 saturated heterocycles. The Hall–Kier alpha value is -4.35. The molecular formula is C36H49N6O9P. The summed E-state index contributed by atoms with van der Waals surface area (Å²) in [6.45, 7) is 13.7. The van der Waals surface area contributed by atoms with Crippen molar-refractivity contribution in [1.82, 2.24) is 24.6 Å². The monoisotopic (exact) mass is 740 g/mol. The van der Waals surface area contributed by atoms with Gasteiger partial charge in [-0.25, -0.2) is 19.5 Å². The molecule has 52 heavy (non-hydrogen) atoms. The van der Waals surface area contributed by atoms with Gasteiger partial charge in [-0.1, -0.05) is 78.5 Å². The number of para-hydroxylation sites is 1.